The molecule has 0 spiro atoms. The third-order valence-corrected chi connectivity index (χ3v) is 7.01. The van der Waals surface area contributed by atoms with Crippen molar-refractivity contribution >= 4 is 16.9 Å². The van der Waals surface area contributed by atoms with E-state index < -0.39 is 30.1 Å². The molecule has 8 nitrogen and oxygen atoms in total. The summed E-state index contributed by atoms with van der Waals surface area (Å²) < 4.78 is 48.5. The summed E-state index contributed by atoms with van der Waals surface area (Å²) in [6.45, 7) is 0.0405. The van der Waals surface area contributed by atoms with E-state index in [0.29, 0.717) is 34.4 Å². The van der Waals surface area contributed by atoms with Gasteiger partial charge in [0.1, 0.15) is 23.0 Å². The fraction of sp³-hybridized carbons (Fsp3) is 0.308. The van der Waals surface area contributed by atoms with Crippen LogP contribution < -0.4 is 4.74 Å². The minimum Gasteiger partial charge on any atom is -0.434 e. The van der Waals surface area contributed by atoms with Crippen LogP contribution in [0, 0.1) is 5.82 Å². The topological polar surface area (TPSA) is 93.4 Å². The summed E-state index contributed by atoms with van der Waals surface area (Å²) in [5.41, 5.74) is 0.942. The van der Waals surface area contributed by atoms with Crippen LogP contribution in [0.3, 0.4) is 0 Å². The van der Waals surface area contributed by atoms with Gasteiger partial charge in [-0.1, -0.05) is 6.07 Å². The van der Waals surface area contributed by atoms with Crippen molar-refractivity contribution in [2.24, 2.45) is 0 Å². The van der Waals surface area contributed by atoms with Crippen molar-refractivity contribution < 1.29 is 27.8 Å². The Kier molecular flexibility index (Phi) is 5.07. The molecule has 2 bridgehead atoms. The maximum atomic E-state index is 15.2. The van der Waals surface area contributed by atoms with Crippen LogP contribution in [0.25, 0.3) is 22.2 Å². The molecule has 4 heterocycles. The molecular formula is C26H22F3N5O3. The molecular weight excluding hydrogens is 487 g/mol. The van der Waals surface area contributed by atoms with Crippen LogP contribution >= 0.6 is 0 Å². The fourth-order valence-corrected chi connectivity index (χ4v) is 5.31. The lowest BCUT2D eigenvalue weighted by atomic mass is 9.97. The number of halogens is 3. The van der Waals surface area contributed by atoms with Crippen molar-refractivity contribution in [3.63, 3.8) is 0 Å². The smallest absolute Gasteiger partial charge is 0.387 e. The second kappa shape index (κ2) is 8.01. The summed E-state index contributed by atoms with van der Waals surface area (Å²) in [4.78, 5) is 27.8. The molecule has 2 aliphatic rings. The SMILES string of the molecule is CN1C(=O)c2cccc(OC(F)F)c2[C@H]2C[C@@H]1c1nc3cc(F)c(-c4cnc(C(C)(C)O)nc4)cc3n12. The zero-order valence-corrected chi connectivity index (χ0v) is 20.1. The summed E-state index contributed by atoms with van der Waals surface area (Å²) in [5, 5.41) is 10.1. The van der Waals surface area contributed by atoms with E-state index >= 15 is 4.39 Å². The third-order valence-electron chi connectivity index (χ3n) is 7.01. The van der Waals surface area contributed by atoms with E-state index in [-0.39, 0.29) is 28.6 Å². The molecule has 37 heavy (non-hydrogen) atoms. The Hall–Kier alpha value is -3.99. The molecule has 190 valence electrons. The lowest BCUT2D eigenvalue weighted by molar-refractivity contribution is -0.0507. The molecule has 0 unspecified atom stereocenters. The first-order chi connectivity index (χ1) is 17.5. The molecule has 1 N–H and O–H groups in total. The van der Waals surface area contributed by atoms with Crippen LogP contribution in [0.4, 0.5) is 13.2 Å². The zero-order valence-electron chi connectivity index (χ0n) is 20.1. The number of amides is 1. The number of aliphatic hydroxyl groups is 1. The summed E-state index contributed by atoms with van der Waals surface area (Å²) >= 11 is 0. The van der Waals surface area contributed by atoms with E-state index in [1.54, 1.807) is 33.0 Å². The average Bonchev–Trinajstić information content (AvgIpc) is 3.35. The zero-order chi connectivity index (χ0) is 26.2. The number of carbonyl (C=O) groups is 1. The largest absolute Gasteiger partial charge is 0.434 e. The number of nitrogens with zero attached hydrogens (tertiary/aromatic N) is 5. The van der Waals surface area contributed by atoms with Crippen LogP contribution in [0.1, 0.15) is 59.9 Å². The second-order valence-corrected chi connectivity index (χ2v) is 9.79. The number of hydrogen-bond acceptors (Lipinski definition) is 6. The Bertz CT molecular complexity index is 1560. The highest BCUT2D eigenvalue weighted by atomic mass is 19.3. The number of fused-ring (bicyclic) bond motifs is 9. The van der Waals surface area contributed by atoms with E-state index in [4.69, 9.17) is 4.74 Å². The summed E-state index contributed by atoms with van der Waals surface area (Å²) in [6, 6.07) is 6.49. The van der Waals surface area contributed by atoms with Crippen molar-refractivity contribution in [2.45, 2.75) is 44.6 Å². The molecule has 2 aliphatic heterocycles. The van der Waals surface area contributed by atoms with E-state index in [2.05, 4.69) is 15.0 Å². The standard InChI is InChI=1S/C26H22F3N5O3/c1-26(2,36)24-30-10-12(11-31-24)14-7-17-16(8-15(14)27)32-22-19-9-18(34(17)22)21-13(23(35)33(19)3)5-4-6-20(21)37-25(28)29/h4-8,10-11,18-19,25,36H,9H2,1-3H3/t18-,19-/m1/s1. The van der Waals surface area contributed by atoms with Crippen LogP contribution in [-0.4, -0.2) is 49.1 Å². The van der Waals surface area contributed by atoms with Gasteiger partial charge in [0.25, 0.3) is 5.91 Å². The van der Waals surface area contributed by atoms with Gasteiger partial charge in [-0.05, 0) is 32.0 Å². The number of imidazole rings is 1. The highest BCUT2D eigenvalue weighted by Gasteiger charge is 2.45. The van der Waals surface area contributed by atoms with E-state index in [1.807, 2.05) is 4.57 Å². The predicted molar refractivity (Wildman–Crippen MR) is 127 cm³/mol. The summed E-state index contributed by atoms with van der Waals surface area (Å²) in [5.74, 6) is -0.204. The van der Waals surface area contributed by atoms with E-state index in [9.17, 15) is 18.7 Å². The van der Waals surface area contributed by atoms with Gasteiger partial charge < -0.3 is 19.3 Å². The van der Waals surface area contributed by atoms with E-state index in [1.165, 1.54) is 35.5 Å². The van der Waals surface area contributed by atoms with Gasteiger partial charge in [-0.3, -0.25) is 4.79 Å². The first kappa shape index (κ1) is 23.4. The highest BCUT2D eigenvalue weighted by Crippen LogP contribution is 2.50. The van der Waals surface area contributed by atoms with Gasteiger partial charge in [-0.15, -0.1) is 0 Å². The quantitative estimate of drug-likeness (QED) is 0.433. The summed E-state index contributed by atoms with van der Waals surface area (Å²) in [6.07, 6.45) is 3.28. The van der Waals surface area contributed by atoms with Crippen LogP contribution in [0.2, 0.25) is 0 Å². The van der Waals surface area contributed by atoms with Gasteiger partial charge in [-0.2, -0.15) is 8.78 Å². The Labute approximate surface area is 209 Å². The van der Waals surface area contributed by atoms with Crippen molar-refractivity contribution in [2.75, 3.05) is 7.05 Å². The van der Waals surface area contributed by atoms with Gasteiger partial charge in [0.05, 0.1) is 23.1 Å². The fourth-order valence-electron chi connectivity index (χ4n) is 5.31. The van der Waals surface area contributed by atoms with Crippen molar-refractivity contribution in [3.05, 3.63) is 71.3 Å². The maximum absolute atomic E-state index is 15.2. The van der Waals surface area contributed by atoms with Gasteiger partial charge in [0, 0.05) is 54.2 Å². The van der Waals surface area contributed by atoms with Crippen molar-refractivity contribution in [1.82, 2.24) is 24.4 Å². The Morgan fingerprint density at radius 3 is 2.54 bits per heavy atom. The molecule has 2 aromatic heterocycles. The van der Waals surface area contributed by atoms with Gasteiger partial charge >= 0.3 is 6.61 Å². The maximum Gasteiger partial charge on any atom is 0.387 e. The highest BCUT2D eigenvalue weighted by molar-refractivity contribution is 5.98. The molecule has 0 radical (unpaired) electrons. The van der Waals surface area contributed by atoms with Gasteiger partial charge in [-0.25, -0.2) is 19.3 Å². The first-order valence-corrected chi connectivity index (χ1v) is 11.7. The average molecular weight is 509 g/mol. The monoisotopic (exact) mass is 509 g/mol. The number of alkyl halides is 2. The van der Waals surface area contributed by atoms with Crippen LogP contribution in [-0.2, 0) is 5.60 Å². The molecule has 11 heteroatoms. The number of ether oxygens (including phenoxy) is 1. The second-order valence-electron chi connectivity index (χ2n) is 9.79. The molecule has 0 saturated heterocycles. The Balaban J connectivity index is 1.55. The lowest BCUT2D eigenvalue weighted by Crippen LogP contribution is -2.30. The van der Waals surface area contributed by atoms with Gasteiger partial charge in [0.2, 0.25) is 0 Å². The Morgan fingerprint density at radius 2 is 1.86 bits per heavy atom. The van der Waals surface area contributed by atoms with Crippen LogP contribution in [0.15, 0.2) is 42.7 Å². The molecule has 2 aromatic carbocycles. The molecule has 0 saturated carbocycles. The minimum atomic E-state index is -3.06. The molecule has 0 aliphatic carbocycles. The predicted octanol–water partition coefficient (Wildman–Crippen LogP) is 4.58. The van der Waals surface area contributed by atoms with Crippen LogP contribution in [0.5, 0.6) is 5.75 Å². The lowest BCUT2D eigenvalue weighted by Gasteiger charge is -2.24. The molecule has 2 atom stereocenters. The Morgan fingerprint density at radius 1 is 1.14 bits per heavy atom. The van der Waals surface area contributed by atoms with Crippen molar-refractivity contribution in [1.29, 1.82) is 0 Å². The number of hydrogen-bond donors (Lipinski definition) is 1. The first-order valence-electron chi connectivity index (χ1n) is 11.7. The summed E-state index contributed by atoms with van der Waals surface area (Å²) in [7, 11) is 1.64. The molecule has 1 amide bonds. The van der Waals surface area contributed by atoms with Crippen molar-refractivity contribution in [3.8, 4) is 16.9 Å². The molecule has 4 aromatic rings. The normalized spacial score (nSPS) is 18.8. The number of carbonyl (C=O) groups excluding carboxylic acids is 1. The number of rotatable bonds is 4. The van der Waals surface area contributed by atoms with E-state index in [0.717, 1.165) is 0 Å². The number of benzene rings is 2. The number of aromatic nitrogens is 4. The third kappa shape index (κ3) is 3.56. The van der Waals surface area contributed by atoms with Gasteiger partial charge in [0.15, 0.2) is 5.82 Å². The molecule has 0 fully saturated rings. The molecule has 6 rings (SSSR count). The minimum absolute atomic E-state index is 0.0763.